The number of ether oxygens (including phenoxy) is 1. The molecule has 29 heavy (non-hydrogen) atoms. The number of hydrogen-bond donors (Lipinski definition) is 1. The second-order valence-corrected chi connectivity index (χ2v) is 7.29. The summed E-state index contributed by atoms with van der Waals surface area (Å²) in [6.45, 7) is 0.506. The van der Waals surface area contributed by atoms with Gasteiger partial charge in [-0.05, 0) is 17.7 Å². The average molecular weight is 410 g/mol. The summed E-state index contributed by atoms with van der Waals surface area (Å²) in [5, 5.41) is 11.6. The Morgan fingerprint density at radius 1 is 1.24 bits per heavy atom. The van der Waals surface area contributed by atoms with Crippen molar-refractivity contribution in [3.63, 3.8) is 0 Å². The van der Waals surface area contributed by atoms with Gasteiger partial charge < -0.3 is 14.3 Å². The fourth-order valence-electron chi connectivity index (χ4n) is 3.18. The maximum absolute atomic E-state index is 13.4. The number of benzene rings is 1. The second-order valence-electron chi connectivity index (χ2n) is 6.43. The molecule has 4 aromatic rings. The molecule has 0 bridgehead atoms. The Kier molecular flexibility index (Phi) is 5.28. The van der Waals surface area contributed by atoms with Crippen molar-refractivity contribution in [3.8, 4) is 11.1 Å². The fourth-order valence-corrected chi connectivity index (χ4v) is 4.13. The molecule has 0 fully saturated rings. The molecule has 0 aliphatic carbocycles. The molecule has 0 radical (unpaired) electrons. The Hall–Kier alpha value is -3.23. The molecular weight excluding hydrogens is 392 g/mol. The van der Waals surface area contributed by atoms with E-state index in [4.69, 9.17) is 19.2 Å². The molecule has 0 amide bonds. The van der Waals surface area contributed by atoms with Gasteiger partial charge in [0.25, 0.3) is 5.56 Å². The maximum Gasteiger partial charge on any atom is 0.371 e. The van der Waals surface area contributed by atoms with Crippen molar-refractivity contribution in [2.45, 2.75) is 13.0 Å². The van der Waals surface area contributed by atoms with Crippen LogP contribution >= 0.6 is 11.3 Å². The lowest BCUT2D eigenvalue weighted by atomic mass is 10.1. The number of furan rings is 1. The third-order valence-electron chi connectivity index (χ3n) is 4.57. The molecule has 0 atom stereocenters. The lowest BCUT2D eigenvalue weighted by Crippen LogP contribution is -2.26. The number of nitrogens with zero attached hydrogens (tertiary/aromatic N) is 2. The first-order valence-electron chi connectivity index (χ1n) is 8.95. The molecule has 0 aliphatic rings. The van der Waals surface area contributed by atoms with Crippen molar-refractivity contribution in [2.75, 3.05) is 13.7 Å². The molecule has 7 nitrogen and oxygen atoms in total. The van der Waals surface area contributed by atoms with Crippen LogP contribution in [0.25, 0.3) is 21.3 Å². The molecule has 3 heterocycles. The van der Waals surface area contributed by atoms with Crippen LogP contribution < -0.4 is 5.56 Å². The Morgan fingerprint density at radius 2 is 2.03 bits per heavy atom. The molecule has 0 unspecified atom stereocenters. The minimum Gasteiger partial charge on any atom is -0.475 e. The van der Waals surface area contributed by atoms with Crippen molar-refractivity contribution < 1.29 is 19.1 Å². The van der Waals surface area contributed by atoms with Crippen molar-refractivity contribution in [1.82, 2.24) is 9.55 Å². The number of aromatic nitrogens is 2. The summed E-state index contributed by atoms with van der Waals surface area (Å²) in [4.78, 5) is 29.9. The van der Waals surface area contributed by atoms with E-state index in [9.17, 15) is 9.59 Å². The number of hydrogen-bond acceptors (Lipinski definition) is 6. The molecule has 0 aliphatic heterocycles. The van der Waals surface area contributed by atoms with Gasteiger partial charge in [-0.15, -0.1) is 11.3 Å². The number of carboxylic acid groups (broad SMARTS) is 1. The smallest absolute Gasteiger partial charge is 0.371 e. The Bertz CT molecular complexity index is 1220. The van der Waals surface area contributed by atoms with Crippen LogP contribution in [-0.2, 0) is 17.7 Å². The van der Waals surface area contributed by atoms with E-state index in [1.165, 1.54) is 22.0 Å². The van der Waals surface area contributed by atoms with Crippen molar-refractivity contribution in [3.05, 3.63) is 75.5 Å². The van der Waals surface area contributed by atoms with Crippen LogP contribution in [0, 0.1) is 0 Å². The lowest BCUT2D eigenvalue weighted by Gasteiger charge is -2.11. The first kappa shape index (κ1) is 19.1. The minimum absolute atomic E-state index is 0.0954. The third-order valence-corrected chi connectivity index (χ3v) is 5.45. The number of fused-ring (bicyclic) bond motifs is 1. The Labute approximate surface area is 169 Å². The van der Waals surface area contributed by atoms with Crippen LogP contribution in [0.4, 0.5) is 0 Å². The van der Waals surface area contributed by atoms with Crippen LogP contribution in [-0.4, -0.2) is 34.3 Å². The third kappa shape index (κ3) is 3.72. The monoisotopic (exact) mass is 410 g/mol. The molecule has 0 spiro atoms. The van der Waals surface area contributed by atoms with Gasteiger partial charge in [-0.3, -0.25) is 9.36 Å². The van der Waals surface area contributed by atoms with Crippen LogP contribution in [0.5, 0.6) is 0 Å². The quantitative estimate of drug-likeness (QED) is 0.500. The average Bonchev–Trinajstić information content (AvgIpc) is 3.37. The highest BCUT2D eigenvalue weighted by Crippen LogP contribution is 2.31. The number of carbonyl (C=O) groups is 1. The number of methoxy groups -OCH3 is 1. The van der Waals surface area contributed by atoms with Crippen molar-refractivity contribution in [1.29, 1.82) is 0 Å². The van der Waals surface area contributed by atoms with Gasteiger partial charge >= 0.3 is 5.97 Å². The molecule has 4 rings (SSSR count). The summed E-state index contributed by atoms with van der Waals surface area (Å²) in [5.41, 5.74) is 1.59. The molecule has 1 N–H and O–H groups in total. The molecule has 148 valence electrons. The largest absolute Gasteiger partial charge is 0.475 e. The predicted molar refractivity (Wildman–Crippen MR) is 110 cm³/mol. The van der Waals surface area contributed by atoms with Gasteiger partial charge in [-0.25, -0.2) is 9.78 Å². The van der Waals surface area contributed by atoms with Gasteiger partial charge in [0.2, 0.25) is 5.76 Å². The Balaban J connectivity index is 1.86. The van der Waals surface area contributed by atoms with Gasteiger partial charge in [-0.1, -0.05) is 30.3 Å². The molecule has 8 heteroatoms. The summed E-state index contributed by atoms with van der Waals surface area (Å²) in [5.74, 6) is -0.373. The summed E-state index contributed by atoms with van der Waals surface area (Å²) in [6.07, 6.45) is 0.451. The first-order valence-corrected chi connectivity index (χ1v) is 9.83. The van der Waals surface area contributed by atoms with Crippen LogP contribution in [0.2, 0.25) is 0 Å². The van der Waals surface area contributed by atoms with Gasteiger partial charge in [0.15, 0.2) is 0 Å². The topological polar surface area (TPSA) is 94.6 Å². The molecule has 0 saturated carbocycles. The summed E-state index contributed by atoms with van der Waals surface area (Å²) < 4.78 is 12.0. The minimum atomic E-state index is -1.15. The van der Waals surface area contributed by atoms with E-state index in [0.29, 0.717) is 34.8 Å². The van der Waals surface area contributed by atoms with E-state index in [1.807, 2.05) is 35.7 Å². The van der Waals surface area contributed by atoms with Gasteiger partial charge in [0, 0.05) is 24.5 Å². The second kappa shape index (κ2) is 8.02. The van der Waals surface area contributed by atoms with Gasteiger partial charge in [-0.2, -0.15) is 0 Å². The Morgan fingerprint density at radius 3 is 2.72 bits per heavy atom. The number of thiophene rings is 1. The predicted octanol–water partition coefficient (Wildman–Crippen LogP) is 3.65. The van der Waals surface area contributed by atoms with E-state index in [0.717, 1.165) is 11.1 Å². The zero-order valence-electron chi connectivity index (χ0n) is 15.6. The van der Waals surface area contributed by atoms with Crippen LogP contribution in [0.3, 0.4) is 0 Å². The molecular formula is C21H18N2O5S. The van der Waals surface area contributed by atoms with Crippen molar-refractivity contribution >= 4 is 27.5 Å². The molecule has 3 aromatic heterocycles. The lowest BCUT2D eigenvalue weighted by molar-refractivity contribution is 0.0660. The normalized spacial score (nSPS) is 11.2. The number of aromatic carboxylic acids is 1. The van der Waals surface area contributed by atoms with E-state index in [-0.39, 0.29) is 17.9 Å². The van der Waals surface area contributed by atoms with E-state index < -0.39 is 5.97 Å². The fraction of sp³-hybridized carbons (Fsp3) is 0.190. The maximum atomic E-state index is 13.4. The summed E-state index contributed by atoms with van der Waals surface area (Å²) >= 11 is 1.43. The highest BCUT2D eigenvalue weighted by atomic mass is 32.1. The van der Waals surface area contributed by atoms with Gasteiger partial charge in [0.05, 0.1) is 18.5 Å². The zero-order chi connectivity index (χ0) is 20.4. The van der Waals surface area contributed by atoms with E-state index >= 15 is 0 Å². The zero-order valence-corrected chi connectivity index (χ0v) is 16.4. The van der Waals surface area contributed by atoms with Crippen LogP contribution in [0.1, 0.15) is 22.1 Å². The standard InChI is InChI=1S/C21H18N2O5S/c1-27-10-9-17-22-19-18(15(12-29-19)13-5-3-2-4-6-13)20(24)23(17)11-14-7-8-16(28-14)21(25)26/h2-8,12H,9-11H2,1H3,(H,25,26). The highest BCUT2D eigenvalue weighted by Gasteiger charge is 2.18. The summed E-state index contributed by atoms with van der Waals surface area (Å²) in [6, 6.07) is 12.6. The van der Waals surface area contributed by atoms with Gasteiger partial charge in [0.1, 0.15) is 16.4 Å². The van der Waals surface area contributed by atoms with E-state index in [1.54, 1.807) is 13.2 Å². The molecule has 0 saturated heterocycles. The highest BCUT2D eigenvalue weighted by molar-refractivity contribution is 7.17. The number of carboxylic acids is 1. The van der Waals surface area contributed by atoms with E-state index in [2.05, 4.69) is 0 Å². The van der Waals surface area contributed by atoms with Crippen LogP contribution in [0.15, 0.2) is 57.1 Å². The number of rotatable bonds is 7. The first-order chi connectivity index (χ1) is 14.1. The van der Waals surface area contributed by atoms with Crippen molar-refractivity contribution in [2.24, 2.45) is 0 Å². The summed E-state index contributed by atoms with van der Waals surface area (Å²) in [7, 11) is 1.59. The molecule has 1 aromatic carbocycles. The SMILES string of the molecule is COCCc1nc2scc(-c3ccccc3)c2c(=O)n1Cc1ccc(C(=O)O)o1.